The first-order valence-corrected chi connectivity index (χ1v) is 7.53. The van der Waals surface area contributed by atoms with E-state index in [4.69, 9.17) is 5.26 Å². The monoisotopic (exact) mass is 324 g/mol. The molecule has 0 spiro atoms. The minimum absolute atomic E-state index is 0.177. The minimum Gasteiger partial charge on any atom is -0.349 e. The fourth-order valence-corrected chi connectivity index (χ4v) is 3.40. The van der Waals surface area contributed by atoms with Gasteiger partial charge in [-0.15, -0.1) is 11.3 Å². The minimum atomic E-state index is -0.256. The molecule has 0 aromatic carbocycles. The van der Waals surface area contributed by atoms with Gasteiger partial charge in [0.25, 0.3) is 5.91 Å². The number of thiophene rings is 1. The topological polar surface area (TPSA) is 52.9 Å². The predicted molar refractivity (Wildman–Crippen MR) is 76.0 cm³/mol. The molecular weight excluding hydrogens is 312 g/mol. The van der Waals surface area contributed by atoms with Gasteiger partial charge in [-0.1, -0.05) is 12.8 Å². The molecular formula is C13H13BrN2OS. The molecule has 0 saturated heterocycles. The number of hydrogen-bond donors (Lipinski definition) is 1. The second-order valence-electron chi connectivity index (χ2n) is 4.29. The van der Waals surface area contributed by atoms with Gasteiger partial charge in [0.05, 0.1) is 0 Å². The molecule has 1 amide bonds. The number of hydrogen-bond acceptors (Lipinski definition) is 3. The van der Waals surface area contributed by atoms with Crippen LogP contribution in [0.1, 0.15) is 30.6 Å². The lowest BCUT2D eigenvalue weighted by molar-refractivity contribution is -0.117. The molecule has 94 valence electrons. The Bertz CT molecular complexity index is 509. The first kappa shape index (κ1) is 13.3. The van der Waals surface area contributed by atoms with Gasteiger partial charge in [-0.2, -0.15) is 5.26 Å². The SMILES string of the molecule is N#C/C(=C/c1cc(Br)cs1)C(=O)NC1CCCC1. The van der Waals surface area contributed by atoms with Crippen molar-refractivity contribution in [2.45, 2.75) is 31.7 Å². The van der Waals surface area contributed by atoms with Gasteiger partial charge in [-0.05, 0) is 40.9 Å². The Morgan fingerprint density at radius 3 is 2.83 bits per heavy atom. The van der Waals surface area contributed by atoms with E-state index in [1.165, 1.54) is 11.3 Å². The van der Waals surface area contributed by atoms with Crippen LogP contribution in [0, 0.1) is 11.3 Å². The third kappa shape index (κ3) is 3.44. The zero-order chi connectivity index (χ0) is 13.0. The zero-order valence-corrected chi connectivity index (χ0v) is 12.2. The summed E-state index contributed by atoms with van der Waals surface area (Å²) in [5.74, 6) is -0.256. The summed E-state index contributed by atoms with van der Waals surface area (Å²) in [5.41, 5.74) is 0.177. The molecule has 18 heavy (non-hydrogen) atoms. The summed E-state index contributed by atoms with van der Waals surface area (Å²) in [6.45, 7) is 0. The highest BCUT2D eigenvalue weighted by Crippen LogP contribution is 2.22. The largest absolute Gasteiger partial charge is 0.349 e. The van der Waals surface area contributed by atoms with Gasteiger partial charge in [0.2, 0.25) is 0 Å². The Hall–Kier alpha value is -1.12. The van der Waals surface area contributed by atoms with Crippen LogP contribution in [-0.4, -0.2) is 11.9 Å². The number of amides is 1. The van der Waals surface area contributed by atoms with Gasteiger partial charge in [0.15, 0.2) is 0 Å². The second kappa shape index (κ2) is 6.17. The Morgan fingerprint density at radius 2 is 2.28 bits per heavy atom. The fraction of sp³-hybridized carbons (Fsp3) is 0.385. The van der Waals surface area contributed by atoms with E-state index < -0.39 is 0 Å². The van der Waals surface area contributed by atoms with Crippen LogP contribution in [0.15, 0.2) is 21.5 Å². The zero-order valence-electron chi connectivity index (χ0n) is 9.78. The average molecular weight is 325 g/mol. The molecule has 1 saturated carbocycles. The molecule has 1 fully saturated rings. The Labute approximate surface area is 119 Å². The van der Waals surface area contributed by atoms with Gasteiger partial charge in [0.1, 0.15) is 11.6 Å². The summed E-state index contributed by atoms with van der Waals surface area (Å²) in [4.78, 5) is 12.8. The van der Waals surface area contributed by atoms with Gasteiger partial charge in [-0.3, -0.25) is 4.79 Å². The van der Waals surface area contributed by atoms with E-state index in [1.807, 2.05) is 17.5 Å². The predicted octanol–water partition coefficient (Wildman–Crippen LogP) is 3.48. The molecule has 0 radical (unpaired) electrons. The van der Waals surface area contributed by atoms with Crippen molar-refractivity contribution in [3.05, 3.63) is 26.4 Å². The van der Waals surface area contributed by atoms with Gasteiger partial charge in [0, 0.05) is 20.8 Å². The Morgan fingerprint density at radius 1 is 1.56 bits per heavy atom. The van der Waals surface area contributed by atoms with E-state index in [0.29, 0.717) is 0 Å². The molecule has 5 heteroatoms. The lowest BCUT2D eigenvalue weighted by Gasteiger charge is -2.10. The molecule has 1 heterocycles. The van der Waals surface area contributed by atoms with Crippen molar-refractivity contribution in [1.29, 1.82) is 5.26 Å². The second-order valence-corrected chi connectivity index (χ2v) is 6.15. The maximum atomic E-state index is 11.9. The molecule has 1 aromatic heterocycles. The van der Waals surface area contributed by atoms with E-state index in [0.717, 1.165) is 35.0 Å². The maximum Gasteiger partial charge on any atom is 0.262 e. The van der Waals surface area contributed by atoms with Gasteiger partial charge >= 0.3 is 0 Å². The summed E-state index contributed by atoms with van der Waals surface area (Å²) in [5, 5.41) is 13.9. The highest BCUT2D eigenvalue weighted by molar-refractivity contribution is 9.10. The van der Waals surface area contributed by atoms with Crippen molar-refractivity contribution in [3.63, 3.8) is 0 Å². The van der Waals surface area contributed by atoms with Crippen molar-refractivity contribution in [3.8, 4) is 6.07 Å². The Kier molecular flexibility index (Phi) is 4.56. The standard InChI is InChI=1S/C13H13BrN2OS/c14-10-6-12(18-8-10)5-9(7-15)13(17)16-11-3-1-2-4-11/h5-6,8,11H,1-4H2,(H,16,17)/b9-5-. The highest BCUT2D eigenvalue weighted by atomic mass is 79.9. The molecule has 0 unspecified atom stereocenters. The van der Waals surface area contributed by atoms with Crippen LogP contribution in [0.25, 0.3) is 6.08 Å². The van der Waals surface area contributed by atoms with Crippen molar-refractivity contribution in [1.82, 2.24) is 5.32 Å². The third-order valence-corrected chi connectivity index (χ3v) is 4.57. The van der Waals surface area contributed by atoms with Crippen LogP contribution in [0.5, 0.6) is 0 Å². The number of nitrogens with zero attached hydrogens (tertiary/aromatic N) is 1. The van der Waals surface area contributed by atoms with E-state index in [9.17, 15) is 4.79 Å². The molecule has 3 nitrogen and oxygen atoms in total. The number of nitriles is 1. The summed E-state index contributed by atoms with van der Waals surface area (Å²) in [7, 11) is 0. The lowest BCUT2D eigenvalue weighted by atomic mass is 10.2. The molecule has 0 atom stereocenters. The number of carbonyl (C=O) groups is 1. The van der Waals surface area contributed by atoms with Crippen molar-refractivity contribution < 1.29 is 4.79 Å². The number of rotatable bonds is 3. The van der Waals surface area contributed by atoms with Gasteiger partial charge < -0.3 is 5.32 Å². The number of carbonyl (C=O) groups excluding carboxylic acids is 1. The smallest absolute Gasteiger partial charge is 0.262 e. The quantitative estimate of drug-likeness (QED) is 0.683. The van der Waals surface area contributed by atoms with Crippen LogP contribution in [-0.2, 0) is 4.79 Å². The van der Waals surface area contributed by atoms with Crippen molar-refractivity contribution in [2.75, 3.05) is 0 Å². The normalized spacial score (nSPS) is 16.6. The molecule has 1 aromatic rings. The molecule has 1 aliphatic rings. The third-order valence-electron chi connectivity index (χ3n) is 2.93. The molecule has 1 aliphatic carbocycles. The maximum absolute atomic E-state index is 11.9. The molecule has 2 rings (SSSR count). The van der Waals surface area contributed by atoms with Crippen LogP contribution >= 0.6 is 27.3 Å². The molecule has 1 N–H and O–H groups in total. The highest BCUT2D eigenvalue weighted by Gasteiger charge is 2.19. The van der Waals surface area contributed by atoms with E-state index in [-0.39, 0.29) is 17.5 Å². The number of halogens is 1. The Balaban J connectivity index is 2.06. The summed E-state index contributed by atoms with van der Waals surface area (Å²) in [6.07, 6.45) is 6.01. The van der Waals surface area contributed by atoms with E-state index in [1.54, 1.807) is 6.08 Å². The first-order chi connectivity index (χ1) is 8.69. The van der Waals surface area contributed by atoms with Crippen molar-refractivity contribution >= 4 is 39.2 Å². The van der Waals surface area contributed by atoms with E-state index in [2.05, 4.69) is 21.2 Å². The van der Waals surface area contributed by atoms with Crippen LogP contribution in [0.3, 0.4) is 0 Å². The van der Waals surface area contributed by atoms with Crippen LogP contribution in [0.4, 0.5) is 0 Å². The van der Waals surface area contributed by atoms with Crippen LogP contribution in [0.2, 0.25) is 0 Å². The average Bonchev–Trinajstić information content (AvgIpc) is 2.97. The summed E-state index contributed by atoms with van der Waals surface area (Å²) < 4.78 is 0.965. The lowest BCUT2D eigenvalue weighted by Crippen LogP contribution is -2.33. The van der Waals surface area contributed by atoms with Crippen molar-refractivity contribution in [2.24, 2.45) is 0 Å². The summed E-state index contributed by atoms with van der Waals surface area (Å²) >= 11 is 4.85. The molecule has 0 aliphatic heterocycles. The fourth-order valence-electron chi connectivity index (χ4n) is 2.03. The van der Waals surface area contributed by atoms with Gasteiger partial charge in [-0.25, -0.2) is 0 Å². The van der Waals surface area contributed by atoms with E-state index >= 15 is 0 Å². The summed E-state index contributed by atoms with van der Waals surface area (Å²) in [6, 6.07) is 4.11. The van der Waals surface area contributed by atoms with Crippen LogP contribution < -0.4 is 5.32 Å². The molecule has 0 bridgehead atoms. The first-order valence-electron chi connectivity index (χ1n) is 5.86. The number of nitrogens with one attached hydrogen (secondary N) is 1.